The third-order valence-electron chi connectivity index (χ3n) is 5.17. The minimum Gasteiger partial charge on any atom is -0.370 e. The summed E-state index contributed by atoms with van der Waals surface area (Å²) in [6.07, 6.45) is -4.88. The molecule has 5 amide bonds. The number of morpholine rings is 1. The van der Waals surface area contributed by atoms with Crippen LogP contribution < -0.4 is 26.2 Å². The van der Waals surface area contributed by atoms with Crippen molar-refractivity contribution in [3.05, 3.63) is 45.1 Å². The molecule has 38 heavy (non-hydrogen) atoms. The molecule has 4 N–H and O–H groups in total. The van der Waals surface area contributed by atoms with E-state index in [-0.39, 0.29) is 36.4 Å². The van der Waals surface area contributed by atoms with Gasteiger partial charge in [-0.05, 0) is 44.2 Å². The molecule has 1 fully saturated rings. The Hall–Kier alpha value is -3.36. The van der Waals surface area contributed by atoms with Crippen molar-refractivity contribution in [2.45, 2.75) is 32.1 Å². The van der Waals surface area contributed by atoms with Crippen LogP contribution in [0.5, 0.6) is 0 Å². The number of nitrogens with zero attached hydrogens (tertiary/aromatic N) is 1. The topological polar surface area (TPSA) is 129 Å². The Balaban J connectivity index is 1.82. The molecule has 1 aliphatic rings. The predicted molar refractivity (Wildman–Crippen MR) is 135 cm³/mol. The fourth-order valence-electron chi connectivity index (χ4n) is 3.44. The van der Waals surface area contributed by atoms with Crippen LogP contribution in [0.4, 0.5) is 29.3 Å². The van der Waals surface area contributed by atoms with Gasteiger partial charge in [0.25, 0.3) is 11.8 Å². The normalized spacial score (nSPS) is 14.7. The Morgan fingerprint density at radius 1 is 1.16 bits per heavy atom. The van der Waals surface area contributed by atoms with Crippen molar-refractivity contribution in [1.82, 2.24) is 16.0 Å². The molecule has 10 nitrogen and oxygen atoms in total. The van der Waals surface area contributed by atoms with Crippen molar-refractivity contribution in [2.75, 3.05) is 36.5 Å². The number of ether oxygens (including phenoxy) is 1. The first-order valence-corrected chi connectivity index (χ1v) is 12.6. The number of nitrogens with one attached hydrogen (secondary N) is 4. The summed E-state index contributed by atoms with van der Waals surface area (Å²) in [4.78, 5) is 51.2. The van der Waals surface area contributed by atoms with Gasteiger partial charge in [-0.25, -0.2) is 4.79 Å². The fourth-order valence-corrected chi connectivity index (χ4v) is 4.40. The molecule has 1 aromatic heterocycles. The van der Waals surface area contributed by atoms with E-state index in [1.54, 1.807) is 13.8 Å². The number of urea groups is 1. The first-order valence-electron chi connectivity index (χ1n) is 11.4. The van der Waals surface area contributed by atoms with Crippen LogP contribution >= 0.6 is 22.9 Å². The molecule has 0 saturated carbocycles. The molecule has 0 spiro atoms. The zero-order chi connectivity index (χ0) is 28.0. The standard InChI is InChI=1S/C23H25ClF3N5O5S/c1-12(2)29-22(36)31-16(10-28-21(35)17-5-6-18(24)38-17)20(34)30-15-4-3-13(9-14(15)23(25,26)27)32-7-8-37-11-19(32)33/h3-6,9,12,16H,7-8,10-11H2,1-2H3,(H,28,35)(H,30,34)(H2,29,31,36)/t16-/m1/s1. The van der Waals surface area contributed by atoms with E-state index in [1.165, 1.54) is 18.2 Å². The van der Waals surface area contributed by atoms with E-state index in [1.807, 2.05) is 0 Å². The second-order valence-corrected chi connectivity index (χ2v) is 10.2. The first kappa shape index (κ1) is 29.2. The van der Waals surface area contributed by atoms with Crippen molar-refractivity contribution in [2.24, 2.45) is 0 Å². The maximum absolute atomic E-state index is 13.9. The molecular formula is C23H25ClF3N5O5S. The molecule has 1 saturated heterocycles. The highest BCUT2D eigenvalue weighted by Crippen LogP contribution is 2.37. The van der Waals surface area contributed by atoms with Gasteiger partial charge in [-0.3, -0.25) is 14.4 Å². The van der Waals surface area contributed by atoms with Crippen LogP contribution in [0.1, 0.15) is 29.1 Å². The maximum Gasteiger partial charge on any atom is 0.418 e. The molecular weight excluding hydrogens is 551 g/mol. The van der Waals surface area contributed by atoms with Gasteiger partial charge in [0.15, 0.2) is 0 Å². The smallest absolute Gasteiger partial charge is 0.370 e. The van der Waals surface area contributed by atoms with Gasteiger partial charge >= 0.3 is 12.2 Å². The molecule has 206 valence electrons. The summed E-state index contributed by atoms with van der Waals surface area (Å²) in [6, 6.07) is 3.53. The fraction of sp³-hybridized carbons (Fsp3) is 0.391. The monoisotopic (exact) mass is 575 g/mol. The van der Waals surface area contributed by atoms with Crippen molar-refractivity contribution in [1.29, 1.82) is 0 Å². The summed E-state index contributed by atoms with van der Waals surface area (Å²) in [5, 5.41) is 9.53. The second kappa shape index (κ2) is 12.5. The summed E-state index contributed by atoms with van der Waals surface area (Å²) in [7, 11) is 0. The van der Waals surface area contributed by atoms with E-state index >= 15 is 0 Å². The van der Waals surface area contributed by atoms with Gasteiger partial charge in [0.05, 0.1) is 27.1 Å². The maximum atomic E-state index is 13.9. The second-order valence-electron chi connectivity index (χ2n) is 8.45. The number of benzene rings is 1. The first-order chi connectivity index (χ1) is 17.8. The quantitative estimate of drug-likeness (QED) is 0.384. The number of alkyl halides is 3. The summed E-state index contributed by atoms with van der Waals surface area (Å²) < 4.78 is 47.1. The van der Waals surface area contributed by atoms with E-state index in [4.69, 9.17) is 16.3 Å². The van der Waals surface area contributed by atoms with Crippen LogP contribution in [0.15, 0.2) is 30.3 Å². The number of hydrogen-bond acceptors (Lipinski definition) is 6. The Labute approximate surface area is 224 Å². The van der Waals surface area contributed by atoms with Crippen molar-refractivity contribution < 1.29 is 37.1 Å². The van der Waals surface area contributed by atoms with Crippen LogP contribution in [-0.4, -0.2) is 62.1 Å². The van der Waals surface area contributed by atoms with Crippen LogP contribution in [0.2, 0.25) is 4.34 Å². The molecule has 2 heterocycles. The van der Waals surface area contributed by atoms with Crippen molar-refractivity contribution in [3.8, 4) is 0 Å². The lowest BCUT2D eigenvalue weighted by atomic mass is 10.1. The van der Waals surface area contributed by atoms with Gasteiger partial charge in [0, 0.05) is 24.8 Å². The van der Waals surface area contributed by atoms with Crippen LogP contribution in [0.25, 0.3) is 0 Å². The average molecular weight is 576 g/mol. The highest BCUT2D eigenvalue weighted by Gasteiger charge is 2.36. The van der Waals surface area contributed by atoms with Crippen LogP contribution in [0.3, 0.4) is 0 Å². The number of carbonyl (C=O) groups is 4. The number of thiophene rings is 1. The lowest BCUT2D eigenvalue weighted by molar-refractivity contribution is -0.137. The third kappa shape index (κ3) is 7.82. The van der Waals surface area contributed by atoms with E-state index < -0.39 is 53.8 Å². The summed E-state index contributed by atoms with van der Waals surface area (Å²) in [5.74, 6) is -2.08. The van der Waals surface area contributed by atoms with E-state index in [2.05, 4.69) is 21.3 Å². The SMILES string of the molecule is CC(C)NC(=O)N[C@H](CNC(=O)c1ccc(Cl)s1)C(=O)Nc1ccc(N2CCOCC2=O)cc1C(F)(F)F. The molecule has 1 aromatic carbocycles. The van der Waals surface area contributed by atoms with E-state index in [0.29, 0.717) is 4.34 Å². The molecule has 0 aliphatic carbocycles. The number of carbonyl (C=O) groups excluding carboxylic acids is 4. The Kier molecular flexibility index (Phi) is 9.57. The zero-order valence-corrected chi connectivity index (χ0v) is 21.9. The Bertz CT molecular complexity index is 1210. The van der Waals surface area contributed by atoms with Crippen molar-refractivity contribution in [3.63, 3.8) is 0 Å². The summed E-state index contributed by atoms with van der Waals surface area (Å²) in [5.41, 5.74) is -1.78. The van der Waals surface area contributed by atoms with Gasteiger partial charge < -0.3 is 30.9 Å². The van der Waals surface area contributed by atoms with Crippen LogP contribution in [-0.2, 0) is 20.5 Å². The predicted octanol–water partition coefficient (Wildman–Crippen LogP) is 3.23. The molecule has 2 aromatic rings. The van der Waals surface area contributed by atoms with Gasteiger partial charge in [-0.1, -0.05) is 11.6 Å². The molecule has 0 bridgehead atoms. The van der Waals surface area contributed by atoms with E-state index in [9.17, 15) is 32.3 Å². The van der Waals surface area contributed by atoms with Crippen molar-refractivity contribution >= 4 is 58.1 Å². The Morgan fingerprint density at radius 2 is 1.89 bits per heavy atom. The minimum atomic E-state index is -4.88. The number of halogens is 4. The number of rotatable bonds is 8. The summed E-state index contributed by atoms with van der Waals surface area (Å²) in [6.45, 7) is 2.91. The summed E-state index contributed by atoms with van der Waals surface area (Å²) >= 11 is 6.83. The van der Waals surface area contributed by atoms with Gasteiger partial charge in [-0.15, -0.1) is 11.3 Å². The van der Waals surface area contributed by atoms with Gasteiger partial charge in [-0.2, -0.15) is 13.2 Å². The largest absolute Gasteiger partial charge is 0.418 e. The number of anilines is 2. The lowest BCUT2D eigenvalue weighted by Crippen LogP contribution is -2.54. The molecule has 1 aliphatic heterocycles. The average Bonchev–Trinajstić information content (AvgIpc) is 3.27. The minimum absolute atomic E-state index is 0.00326. The van der Waals surface area contributed by atoms with Gasteiger partial charge in [0.1, 0.15) is 12.6 Å². The Morgan fingerprint density at radius 3 is 2.50 bits per heavy atom. The molecule has 1 atom stereocenters. The van der Waals surface area contributed by atoms with Crippen LogP contribution in [0, 0.1) is 0 Å². The molecule has 0 radical (unpaired) electrons. The lowest BCUT2D eigenvalue weighted by Gasteiger charge is -2.28. The van der Waals surface area contributed by atoms with E-state index in [0.717, 1.165) is 28.4 Å². The highest BCUT2D eigenvalue weighted by molar-refractivity contribution is 7.18. The molecule has 15 heteroatoms. The molecule has 0 unspecified atom stereocenters. The number of amides is 5. The third-order valence-corrected chi connectivity index (χ3v) is 6.40. The molecule has 3 rings (SSSR count). The number of hydrogen-bond donors (Lipinski definition) is 4. The van der Waals surface area contributed by atoms with Gasteiger partial charge in [0.2, 0.25) is 5.91 Å². The zero-order valence-electron chi connectivity index (χ0n) is 20.3. The highest BCUT2D eigenvalue weighted by atomic mass is 35.5.